The lowest BCUT2D eigenvalue weighted by atomic mass is 10.2. The maximum Gasteiger partial charge on any atom is 0.573 e. The molecule has 1 saturated heterocycles. The van der Waals surface area contributed by atoms with Gasteiger partial charge in [-0.15, -0.1) is 13.2 Å². The monoisotopic (exact) mass is 480 g/mol. The second-order valence-electron chi connectivity index (χ2n) is 7.22. The molecule has 0 aliphatic carbocycles. The topological polar surface area (TPSA) is 84.7 Å². The molecule has 1 aromatic heterocycles. The summed E-state index contributed by atoms with van der Waals surface area (Å²) >= 11 is 0. The van der Waals surface area contributed by atoms with Gasteiger partial charge in [-0.05, 0) is 36.4 Å². The number of sulfonamides is 1. The summed E-state index contributed by atoms with van der Waals surface area (Å²) in [4.78, 5) is 14.2. The minimum absolute atomic E-state index is 0.0572. The van der Waals surface area contributed by atoms with Gasteiger partial charge in [-0.1, -0.05) is 18.2 Å². The lowest BCUT2D eigenvalue weighted by molar-refractivity contribution is -0.274. The number of nitrogens with zero attached hydrogens (tertiary/aromatic N) is 4. The maximum atomic E-state index is 12.8. The minimum atomic E-state index is -4.86. The third-order valence-electron chi connectivity index (χ3n) is 5.07. The average Bonchev–Trinajstić information content (AvgIpc) is 3.29. The van der Waals surface area contributed by atoms with E-state index in [4.69, 9.17) is 0 Å². The van der Waals surface area contributed by atoms with E-state index in [9.17, 15) is 26.4 Å². The molecule has 1 fully saturated rings. The molecule has 0 bridgehead atoms. The number of carbonyl (C=O) groups is 1. The van der Waals surface area contributed by atoms with E-state index in [1.807, 2.05) is 30.3 Å². The molecule has 2 heterocycles. The molecule has 4 rings (SSSR count). The third kappa shape index (κ3) is 5.17. The standard InChI is InChI=1S/C21H19F3N4O4S/c22-21(23,24)32-18-6-8-19(9-7-18)33(30,31)27-12-10-26(11-13-27)20(29)16-14-25-28(15-16)17-4-2-1-3-5-17/h1-9,14-15H,10-13H2. The van der Waals surface area contributed by atoms with Crippen molar-refractivity contribution >= 4 is 15.9 Å². The van der Waals surface area contributed by atoms with E-state index < -0.39 is 22.1 Å². The predicted octanol–water partition coefficient (Wildman–Crippen LogP) is 2.92. The Morgan fingerprint density at radius 1 is 0.939 bits per heavy atom. The quantitative estimate of drug-likeness (QED) is 0.561. The number of carbonyl (C=O) groups excluding carboxylic acids is 1. The Morgan fingerprint density at radius 2 is 1.58 bits per heavy atom. The first-order valence-electron chi connectivity index (χ1n) is 9.89. The van der Waals surface area contributed by atoms with Crippen molar-refractivity contribution in [3.63, 3.8) is 0 Å². The molecule has 0 N–H and O–H groups in total. The number of alkyl halides is 3. The van der Waals surface area contributed by atoms with Crippen molar-refractivity contribution in [3.05, 3.63) is 72.6 Å². The molecule has 1 aliphatic rings. The summed E-state index contributed by atoms with van der Waals surface area (Å²) in [5, 5.41) is 4.21. The highest BCUT2D eigenvalue weighted by Gasteiger charge is 2.33. The molecule has 0 unspecified atom stereocenters. The lowest BCUT2D eigenvalue weighted by Gasteiger charge is -2.33. The zero-order valence-electron chi connectivity index (χ0n) is 17.1. The Labute approximate surface area is 187 Å². The smallest absolute Gasteiger partial charge is 0.406 e. The summed E-state index contributed by atoms with van der Waals surface area (Å²) in [6.45, 7) is 0.455. The molecule has 174 valence electrons. The first kappa shape index (κ1) is 22.8. The van der Waals surface area contributed by atoms with Gasteiger partial charge >= 0.3 is 6.36 Å². The van der Waals surface area contributed by atoms with Crippen LogP contribution in [0.2, 0.25) is 0 Å². The van der Waals surface area contributed by atoms with E-state index >= 15 is 0 Å². The van der Waals surface area contributed by atoms with Crippen LogP contribution < -0.4 is 4.74 Å². The van der Waals surface area contributed by atoms with Crippen LogP contribution in [0, 0.1) is 0 Å². The van der Waals surface area contributed by atoms with Gasteiger partial charge in [0.05, 0.1) is 22.3 Å². The molecule has 1 amide bonds. The van der Waals surface area contributed by atoms with Gasteiger partial charge in [0.15, 0.2) is 0 Å². The van der Waals surface area contributed by atoms with Crippen molar-refractivity contribution in [3.8, 4) is 11.4 Å². The second kappa shape index (κ2) is 8.87. The van der Waals surface area contributed by atoms with Crippen LogP contribution in [0.1, 0.15) is 10.4 Å². The minimum Gasteiger partial charge on any atom is -0.406 e. The van der Waals surface area contributed by atoms with Crippen molar-refractivity contribution in [1.29, 1.82) is 0 Å². The van der Waals surface area contributed by atoms with Gasteiger partial charge in [-0.25, -0.2) is 13.1 Å². The van der Waals surface area contributed by atoms with Crippen molar-refractivity contribution in [2.75, 3.05) is 26.2 Å². The summed E-state index contributed by atoms with van der Waals surface area (Å²) in [6.07, 6.45) is -1.78. The van der Waals surface area contributed by atoms with Gasteiger partial charge in [0, 0.05) is 32.4 Å². The van der Waals surface area contributed by atoms with Crippen molar-refractivity contribution in [2.45, 2.75) is 11.3 Å². The lowest BCUT2D eigenvalue weighted by Crippen LogP contribution is -2.50. The summed E-state index contributed by atoms with van der Waals surface area (Å²) < 4.78 is 69.1. The predicted molar refractivity (Wildman–Crippen MR) is 111 cm³/mol. The Kier molecular flexibility index (Phi) is 6.13. The Morgan fingerprint density at radius 3 is 2.18 bits per heavy atom. The third-order valence-corrected chi connectivity index (χ3v) is 6.98. The van der Waals surface area contributed by atoms with E-state index in [1.54, 1.807) is 15.8 Å². The number of benzene rings is 2. The number of piperazine rings is 1. The number of rotatable bonds is 5. The Hall–Kier alpha value is -3.38. The van der Waals surface area contributed by atoms with E-state index in [0.717, 1.165) is 30.0 Å². The van der Waals surface area contributed by atoms with Crippen LogP contribution in [-0.2, 0) is 10.0 Å². The Balaban J connectivity index is 1.39. The van der Waals surface area contributed by atoms with Crippen molar-refractivity contribution in [2.24, 2.45) is 0 Å². The van der Waals surface area contributed by atoms with Crippen LogP contribution in [0.15, 0.2) is 71.9 Å². The molecule has 33 heavy (non-hydrogen) atoms. The normalized spacial score (nSPS) is 15.4. The molecule has 0 atom stereocenters. The summed E-state index contributed by atoms with van der Waals surface area (Å²) in [5.41, 5.74) is 1.19. The van der Waals surface area contributed by atoms with Crippen LogP contribution in [0.5, 0.6) is 5.75 Å². The van der Waals surface area contributed by atoms with E-state index in [2.05, 4.69) is 9.84 Å². The van der Waals surface area contributed by atoms with Gasteiger partial charge in [-0.3, -0.25) is 4.79 Å². The number of amides is 1. The summed E-state index contributed by atoms with van der Waals surface area (Å²) in [6, 6.07) is 13.3. The Bertz CT molecular complexity index is 1220. The fourth-order valence-corrected chi connectivity index (χ4v) is 4.85. The summed E-state index contributed by atoms with van der Waals surface area (Å²) in [5.74, 6) is -0.768. The van der Waals surface area contributed by atoms with Gasteiger partial charge in [0.1, 0.15) is 5.75 Å². The zero-order valence-corrected chi connectivity index (χ0v) is 18.0. The highest BCUT2D eigenvalue weighted by atomic mass is 32.2. The van der Waals surface area contributed by atoms with E-state index in [1.165, 1.54) is 10.5 Å². The molecule has 0 saturated carbocycles. The highest BCUT2D eigenvalue weighted by Crippen LogP contribution is 2.25. The van der Waals surface area contributed by atoms with Crippen molar-refractivity contribution in [1.82, 2.24) is 19.0 Å². The number of halogens is 3. The van der Waals surface area contributed by atoms with Crippen molar-refractivity contribution < 1.29 is 31.1 Å². The van der Waals surface area contributed by atoms with Crippen LogP contribution in [0.3, 0.4) is 0 Å². The molecule has 1 aliphatic heterocycles. The van der Waals surface area contributed by atoms with E-state index in [-0.39, 0.29) is 37.0 Å². The van der Waals surface area contributed by atoms with Gasteiger partial charge < -0.3 is 9.64 Å². The second-order valence-corrected chi connectivity index (χ2v) is 9.16. The fraction of sp³-hybridized carbons (Fsp3) is 0.238. The van der Waals surface area contributed by atoms with Gasteiger partial charge in [-0.2, -0.15) is 9.40 Å². The molecule has 2 aromatic carbocycles. The van der Waals surface area contributed by atoms with Crippen LogP contribution >= 0.6 is 0 Å². The molecule has 0 spiro atoms. The molecule has 3 aromatic rings. The van der Waals surface area contributed by atoms with Gasteiger partial charge in [0.25, 0.3) is 5.91 Å². The van der Waals surface area contributed by atoms with E-state index in [0.29, 0.717) is 5.56 Å². The molecule has 0 radical (unpaired) electrons. The van der Waals surface area contributed by atoms with Crippen LogP contribution in [0.4, 0.5) is 13.2 Å². The summed E-state index contributed by atoms with van der Waals surface area (Å²) in [7, 11) is -3.93. The number of hydrogen-bond acceptors (Lipinski definition) is 5. The molecular formula is C21H19F3N4O4S. The first-order chi connectivity index (χ1) is 15.6. The number of para-hydroxylation sites is 1. The zero-order chi connectivity index (χ0) is 23.6. The highest BCUT2D eigenvalue weighted by molar-refractivity contribution is 7.89. The maximum absolute atomic E-state index is 12.8. The molecule has 8 nitrogen and oxygen atoms in total. The fourth-order valence-electron chi connectivity index (χ4n) is 3.43. The van der Waals surface area contributed by atoms with Crippen LogP contribution in [-0.4, -0.2) is 65.9 Å². The number of aromatic nitrogens is 2. The molecule has 12 heteroatoms. The largest absolute Gasteiger partial charge is 0.573 e. The van der Waals surface area contributed by atoms with Crippen LogP contribution in [0.25, 0.3) is 5.69 Å². The average molecular weight is 480 g/mol. The number of ether oxygens (including phenoxy) is 1. The molecular weight excluding hydrogens is 461 g/mol. The van der Waals surface area contributed by atoms with Gasteiger partial charge in [0.2, 0.25) is 10.0 Å². The first-order valence-corrected chi connectivity index (χ1v) is 11.3. The SMILES string of the molecule is O=C(c1cnn(-c2ccccc2)c1)N1CCN(S(=O)(=O)c2ccc(OC(F)(F)F)cc2)CC1. The number of hydrogen-bond donors (Lipinski definition) is 0.